The molecule has 2 amide bonds. The van der Waals surface area contributed by atoms with E-state index >= 15 is 0 Å². The number of amides is 2. The van der Waals surface area contributed by atoms with Crippen LogP contribution in [0.1, 0.15) is 36.7 Å². The lowest BCUT2D eigenvalue weighted by atomic mass is 9.97. The van der Waals surface area contributed by atoms with Gasteiger partial charge in [-0.25, -0.2) is 9.59 Å². The van der Waals surface area contributed by atoms with Gasteiger partial charge in [0.1, 0.15) is 0 Å². The standard InChI is InChI=1S/C14H20N2O3/c1-9-7-10(12(17)18)5-6-11(9)16-13(19)15-8-14(2,3)4/h5-7H,8H2,1-4H3,(H,17,18)(H2,15,16,19). The number of aryl methyl sites for hydroxylation is 1. The van der Waals surface area contributed by atoms with E-state index in [0.29, 0.717) is 17.8 Å². The van der Waals surface area contributed by atoms with E-state index in [4.69, 9.17) is 5.11 Å². The zero-order chi connectivity index (χ0) is 14.6. The summed E-state index contributed by atoms with van der Waals surface area (Å²) in [5.74, 6) is -0.980. The number of carbonyl (C=O) groups is 2. The number of carbonyl (C=O) groups excluding carboxylic acids is 1. The quantitative estimate of drug-likeness (QED) is 0.785. The Morgan fingerprint density at radius 2 is 1.89 bits per heavy atom. The minimum Gasteiger partial charge on any atom is -0.478 e. The molecule has 5 nitrogen and oxygen atoms in total. The van der Waals surface area contributed by atoms with Gasteiger partial charge in [0.25, 0.3) is 0 Å². The van der Waals surface area contributed by atoms with Gasteiger partial charge in [-0.2, -0.15) is 0 Å². The minimum absolute atomic E-state index is 0.0134. The molecule has 0 saturated heterocycles. The molecule has 1 aromatic rings. The number of carboxylic acid groups (broad SMARTS) is 1. The summed E-state index contributed by atoms with van der Waals surface area (Å²) in [6.07, 6.45) is 0. The average molecular weight is 264 g/mol. The summed E-state index contributed by atoms with van der Waals surface area (Å²) in [5.41, 5.74) is 1.54. The van der Waals surface area contributed by atoms with Gasteiger partial charge in [-0.15, -0.1) is 0 Å². The molecule has 0 radical (unpaired) electrons. The lowest BCUT2D eigenvalue weighted by Gasteiger charge is -2.19. The highest BCUT2D eigenvalue weighted by Gasteiger charge is 2.13. The van der Waals surface area contributed by atoms with Crippen molar-refractivity contribution in [2.45, 2.75) is 27.7 Å². The van der Waals surface area contributed by atoms with Gasteiger partial charge in [0.2, 0.25) is 0 Å². The van der Waals surface area contributed by atoms with Crippen LogP contribution in [-0.2, 0) is 0 Å². The highest BCUT2D eigenvalue weighted by atomic mass is 16.4. The highest BCUT2D eigenvalue weighted by molar-refractivity contribution is 5.92. The van der Waals surface area contributed by atoms with Crippen LogP contribution in [0.5, 0.6) is 0 Å². The van der Waals surface area contributed by atoms with Crippen molar-refractivity contribution in [3.63, 3.8) is 0 Å². The van der Waals surface area contributed by atoms with Crippen LogP contribution in [0.15, 0.2) is 18.2 Å². The predicted octanol–water partition coefficient (Wildman–Crippen LogP) is 2.86. The molecule has 0 aliphatic rings. The van der Waals surface area contributed by atoms with Crippen molar-refractivity contribution < 1.29 is 14.7 Å². The van der Waals surface area contributed by atoms with Gasteiger partial charge >= 0.3 is 12.0 Å². The molecular formula is C14H20N2O3. The number of carboxylic acids is 1. The smallest absolute Gasteiger partial charge is 0.335 e. The lowest BCUT2D eigenvalue weighted by Crippen LogP contribution is -2.35. The fourth-order valence-corrected chi connectivity index (χ4v) is 1.45. The van der Waals surface area contributed by atoms with E-state index in [9.17, 15) is 9.59 Å². The Morgan fingerprint density at radius 1 is 1.26 bits per heavy atom. The normalized spacial score (nSPS) is 10.9. The van der Waals surface area contributed by atoms with Crippen molar-refractivity contribution in [3.8, 4) is 0 Å². The molecule has 104 valence electrons. The van der Waals surface area contributed by atoms with Crippen molar-refractivity contribution in [2.24, 2.45) is 5.41 Å². The molecule has 1 rings (SSSR count). The Hall–Kier alpha value is -2.04. The number of hydrogen-bond donors (Lipinski definition) is 3. The molecule has 5 heteroatoms. The van der Waals surface area contributed by atoms with E-state index in [1.54, 1.807) is 13.0 Å². The molecule has 19 heavy (non-hydrogen) atoms. The highest BCUT2D eigenvalue weighted by Crippen LogP contribution is 2.17. The second-order valence-corrected chi connectivity index (χ2v) is 5.70. The number of urea groups is 1. The van der Waals surface area contributed by atoms with Gasteiger partial charge in [0.15, 0.2) is 0 Å². The monoisotopic (exact) mass is 264 g/mol. The number of hydrogen-bond acceptors (Lipinski definition) is 2. The van der Waals surface area contributed by atoms with E-state index in [2.05, 4.69) is 10.6 Å². The minimum atomic E-state index is -0.980. The van der Waals surface area contributed by atoms with Gasteiger partial charge in [-0.3, -0.25) is 0 Å². The van der Waals surface area contributed by atoms with E-state index < -0.39 is 5.97 Å². The number of nitrogens with one attached hydrogen (secondary N) is 2. The molecule has 0 bridgehead atoms. The third-order valence-electron chi connectivity index (χ3n) is 2.50. The maximum Gasteiger partial charge on any atom is 0.335 e. The van der Waals surface area contributed by atoms with Crippen LogP contribution < -0.4 is 10.6 Å². The predicted molar refractivity (Wildman–Crippen MR) is 74.6 cm³/mol. The average Bonchev–Trinajstić information content (AvgIpc) is 2.28. The molecule has 1 aromatic carbocycles. The second kappa shape index (κ2) is 5.73. The molecule has 3 N–H and O–H groups in total. The summed E-state index contributed by atoms with van der Waals surface area (Å²) in [5, 5.41) is 14.3. The van der Waals surface area contributed by atoms with Crippen molar-refractivity contribution in [2.75, 3.05) is 11.9 Å². The summed E-state index contributed by atoms with van der Waals surface area (Å²) in [6.45, 7) is 8.40. The van der Waals surface area contributed by atoms with E-state index in [1.807, 2.05) is 20.8 Å². The zero-order valence-electron chi connectivity index (χ0n) is 11.7. The van der Waals surface area contributed by atoms with E-state index in [-0.39, 0.29) is 17.0 Å². The Labute approximate surface area is 113 Å². The molecule has 0 atom stereocenters. The van der Waals surface area contributed by atoms with E-state index in [1.165, 1.54) is 12.1 Å². The van der Waals surface area contributed by atoms with Gasteiger partial charge < -0.3 is 15.7 Å². The Morgan fingerprint density at radius 3 is 2.37 bits per heavy atom. The summed E-state index contributed by atoms with van der Waals surface area (Å²) < 4.78 is 0. The van der Waals surface area contributed by atoms with Crippen LogP contribution in [0.3, 0.4) is 0 Å². The fourth-order valence-electron chi connectivity index (χ4n) is 1.45. The van der Waals surface area contributed by atoms with Gasteiger partial charge in [0, 0.05) is 12.2 Å². The van der Waals surface area contributed by atoms with Crippen LogP contribution in [0, 0.1) is 12.3 Å². The Bertz CT molecular complexity index is 490. The first-order valence-electron chi connectivity index (χ1n) is 6.08. The molecule has 0 fully saturated rings. The third kappa shape index (κ3) is 4.99. The summed E-state index contributed by atoms with van der Waals surface area (Å²) in [6, 6.07) is 4.30. The fraction of sp³-hybridized carbons (Fsp3) is 0.429. The molecule has 0 aliphatic carbocycles. The van der Waals surface area contributed by atoms with Crippen LogP contribution in [0.4, 0.5) is 10.5 Å². The SMILES string of the molecule is Cc1cc(C(=O)O)ccc1NC(=O)NCC(C)(C)C. The number of aromatic carboxylic acids is 1. The molecule has 0 aliphatic heterocycles. The molecule has 0 aromatic heterocycles. The van der Waals surface area contributed by atoms with Crippen molar-refractivity contribution in [3.05, 3.63) is 29.3 Å². The van der Waals surface area contributed by atoms with Crippen LogP contribution in [-0.4, -0.2) is 23.7 Å². The van der Waals surface area contributed by atoms with Crippen LogP contribution >= 0.6 is 0 Å². The first kappa shape index (κ1) is 15.0. The van der Waals surface area contributed by atoms with E-state index in [0.717, 1.165) is 0 Å². The molecular weight excluding hydrogens is 244 g/mol. The summed E-state index contributed by atoms with van der Waals surface area (Å²) >= 11 is 0. The maximum absolute atomic E-state index is 11.7. The molecule has 0 unspecified atom stereocenters. The number of anilines is 1. The number of benzene rings is 1. The zero-order valence-corrected chi connectivity index (χ0v) is 11.7. The lowest BCUT2D eigenvalue weighted by molar-refractivity contribution is 0.0697. The molecule has 0 saturated carbocycles. The molecule has 0 spiro atoms. The van der Waals surface area contributed by atoms with Crippen molar-refractivity contribution in [1.82, 2.24) is 5.32 Å². The first-order chi connectivity index (χ1) is 8.69. The second-order valence-electron chi connectivity index (χ2n) is 5.70. The van der Waals surface area contributed by atoms with Crippen molar-refractivity contribution in [1.29, 1.82) is 0 Å². The van der Waals surface area contributed by atoms with Crippen molar-refractivity contribution >= 4 is 17.7 Å². The van der Waals surface area contributed by atoms with Gasteiger partial charge in [-0.05, 0) is 36.1 Å². The summed E-state index contributed by atoms with van der Waals surface area (Å²) in [4.78, 5) is 22.5. The first-order valence-corrected chi connectivity index (χ1v) is 6.08. The largest absolute Gasteiger partial charge is 0.478 e. The van der Waals surface area contributed by atoms with Crippen LogP contribution in [0.25, 0.3) is 0 Å². The Kier molecular flexibility index (Phi) is 4.53. The van der Waals surface area contributed by atoms with Gasteiger partial charge in [-0.1, -0.05) is 20.8 Å². The third-order valence-corrected chi connectivity index (χ3v) is 2.50. The molecule has 0 heterocycles. The maximum atomic E-state index is 11.7. The summed E-state index contributed by atoms with van der Waals surface area (Å²) in [7, 11) is 0. The van der Waals surface area contributed by atoms with Crippen LogP contribution in [0.2, 0.25) is 0 Å². The Balaban J connectivity index is 2.67. The number of rotatable bonds is 3. The topological polar surface area (TPSA) is 78.4 Å². The van der Waals surface area contributed by atoms with Gasteiger partial charge in [0.05, 0.1) is 5.56 Å².